The maximum absolute atomic E-state index is 12.1. The van der Waals surface area contributed by atoms with Crippen LogP contribution >= 0.6 is 35.0 Å². The minimum Gasteiger partial charge on any atom is -0.486 e. The molecule has 0 aliphatic carbocycles. The summed E-state index contributed by atoms with van der Waals surface area (Å²) in [4.78, 5) is 12.1. The fourth-order valence-electron chi connectivity index (χ4n) is 2.42. The van der Waals surface area contributed by atoms with E-state index in [4.69, 9.17) is 32.7 Å². The maximum Gasteiger partial charge on any atom is 0.234 e. The number of carbonyl (C=O) groups is 1. The Labute approximate surface area is 160 Å². The summed E-state index contributed by atoms with van der Waals surface area (Å²) < 4.78 is 11.1. The Hall–Kier alpha value is -1.56. The second-order valence-electron chi connectivity index (χ2n) is 5.63. The predicted molar refractivity (Wildman–Crippen MR) is 103 cm³/mol. The van der Waals surface area contributed by atoms with Crippen LogP contribution in [0.4, 0.5) is 5.69 Å². The lowest BCUT2D eigenvalue weighted by Gasteiger charge is -2.20. The molecule has 0 atom stereocenters. The first-order chi connectivity index (χ1) is 12.0. The fraction of sp³-hybridized carbons (Fsp3) is 0.278. The lowest BCUT2D eigenvalue weighted by Crippen LogP contribution is -2.16. The van der Waals surface area contributed by atoms with Crippen LogP contribution in [0.3, 0.4) is 0 Å². The van der Waals surface area contributed by atoms with E-state index in [0.29, 0.717) is 52.0 Å². The Balaban J connectivity index is 1.54. The SMILES string of the molecule is Cc1ccc(NC(=O)CSCc2cc(Cl)c3c(c2)OCCO3)c(Cl)c1. The van der Waals surface area contributed by atoms with Crippen molar-refractivity contribution in [2.24, 2.45) is 0 Å². The third-order valence-electron chi connectivity index (χ3n) is 3.56. The molecule has 132 valence electrons. The lowest BCUT2D eigenvalue weighted by atomic mass is 10.2. The number of carbonyl (C=O) groups excluding carboxylic acids is 1. The molecule has 4 nitrogen and oxygen atoms in total. The van der Waals surface area contributed by atoms with Crippen molar-refractivity contribution in [3.63, 3.8) is 0 Å². The van der Waals surface area contributed by atoms with Crippen molar-refractivity contribution in [1.82, 2.24) is 0 Å². The van der Waals surface area contributed by atoms with Crippen LogP contribution < -0.4 is 14.8 Å². The van der Waals surface area contributed by atoms with Crippen molar-refractivity contribution in [2.75, 3.05) is 24.3 Å². The Bertz CT molecular complexity index is 798. The van der Waals surface area contributed by atoms with E-state index < -0.39 is 0 Å². The number of fused-ring (bicyclic) bond motifs is 1. The lowest BCUT2D eigenvalue weighted by molar-refractivity contribution is -0.113. The number of benzene rings is 2. The third-order valence-corrected chi connectivity index (χ3v) is 5.15. The number of anilines is 1. The Morgan fingerprint density at radius 3 is 2.76 bits per heavy atom. The molecule has 0 saturated carbocycles. The van der Waals surface area contributed by atoms with Gasteiger partial charge in [0.15, 0.2) is 11.5 Å². The van der Waals surface area contributed by atoms with E-state index in [9.17, 15) is 4.79 Å². The van der Waals surface area contributed by atoms with Gasteiger partial charge < -0.3 is 14.8 Å². The van der Waals surface area contributed by atoms with Gasteiger partial charge in [0, 0.05) is 5.75 Å². The van der Waals surface area contributed by atoms with Gasteiger partial charge >= 0.3 is 0 Å². The number of hydrogen-bond donors (Lipinski definition) is 1. The van der Waals surface area contributed by atoms with Gasteiger partial charge in [0.2, 0.25) is 5.91 Å². The molecule has 7 heteroatoms. The Kier molecular flexibility index (Phi) is 5.99. The number of halogens is 2. The first-order valence-electron chi connectivity index (χ1n) is 7.74. The van der Waals surface area contributed by atoms with E-state index in [1.54, 1.807) is 6.07 Å². The summed E-state index contributed by atoms with van der Waals surface area (Å²) in [6, 6.07) is 9.28. The molecule has 0 saturated heterocycles. The number of aryl methyl sites for hydroxylation is 1. The zero-order valence-corrected chi connectivity index (χ0v) is 15.9. The van der Waals surface area contributed by atoms with Crippen molar-refractivity contribution >= 4 is 46.6 Å². The Morgan fingerprint density at radius 2 is 1.96 bits per heavy atom. The second-order valence-corrected chi connectivity index (χ2v) is 7.43. The van der Waals surface area contributed by atoms with Gasteiger partial charge in [-0.1, -0.05) is 29.3 Å². The van der Waals surface area contributed by atoms with Crippen LogP contribution in [0.2, 0.25) is 10.0 Å². The molecule has 1 aliphatic heterocycles. The van der Waals surface area contributed by atoms with Crippen LogP contribution in [0, 0.1) is 6.92 Å². The number of thioether (sulfide) groups is 1. The molecular weight excluding hydrogens is 381 g/mol. The molecular formula is C18H17Cl2NO3S. The average Bonchev–Trinajstić information content (AvgIpc) is 2.57. The minimum atomic E-state index is -0.0978. The van der Waals surface area contributed by atoms with Crippen molar-refractivity contribution < 1.29 is 14.3 Å². The fourth-order valence-corrected chi connectivity index (χ4v) is 3.75. The van der Waals surface area contributed by atoms with E-state index in [2.05, 4.69) is 5.32 Å². The van der Waals surface area contributed by atoms with Gasteiger partial charge in [-0.25, -0.2) is 0 Å². The standard InChI is InChI=1S/C18H17Cl2NO3S/c1-11-2-3-15(13(19)6-11)21-17(22)10-25-9-12-7-14(20)18-16(8-12)23-4-5-24-18/h2-3,6-8H,4-5,9-10H2,1H3,(H,21,22). The molecule has 1 amide bonds. The normalized spacial score (nSPS) is 12.8. The summed E-state index contributed by atoms with van der Waals surface area (Å²) in [5.41, 5.74) is 2.66. The van der Waals surface area contributed by atoms with Gasteiger partial charge in [0.25, 0.3) is 0 Å². The highest BCUT2D eigenvalue weighted by Crippen LogP contribution is 2.39. The van der Waals surface area contributed by atoms with Crippen molar-refractivity contribution in [3.05, 3.63) is 51.5 Å². The van der Waals surface area contributed by atoms with Crippen LogP contribution in [0.15, 0.2) is 30.3 Å². The summed E-state index contributed by atoms with van der Waals surface area (Å²) in [6.07, 6.45) is 0. The number of rotatable bonds is 5. The molecule has 1 heterocycles. The molecule has 0 bridgehead atoms. The van der Waals surface area contributed by atoms with Gasteiger partial charge in [0.1, 0.15) is 13.2 Å². The first kappa shape index (κ1) is 18.2. The topological polar surface area (TPSA) is 47.6 Å². The molecule has 0 spiro atoms. The molecule has 2 aromatic carbocycles. The average molecular weight is 398 g/mol. The van der Waals surface area contributed by atoms with E-state index >= 15 is 0 Å². The van der Waals surface area contributed by atoms with Crippen molar-refractivity contribution in [2.45, 2.75) is 12.7 Å². The highest BCUT2D eigenvalue weighted by Gasteiger charge is 2.16. The van der Waals surface area contributed by atoms with Gasteiger partial charge in [0.05, 0.1) is 21.5 Å². The summed E-state index contributed by atoms with van der Waals surface area (Å²) >= 11 is 13.8. The van der Waals surface area contributed by atoms with E-state index in [1.165, 1.54) is 11.8 Å². The predicted octanol–water partition coefficient (Wildman–Crippen LogP) is 4.94. The van der Waals surface area contributed by atoms with Gasteiger partial charge in [-0.3, -0.25) is 4.79 Å². The molecule has 0 radical (unpaired) electrons. The summed E-state index contributed by atoms with van der Waals surface area (Å²) in [5.74, 6) is 2.11. The monoisotopic (exact) mass is 397 g/mol. The molecule has 0 unspecified atom stereocenters. The van der Waals surface area contributed by atoms with E-state index in [0.717, 1.165) is 11.1 Å². The smallest absolute Gasteiger partial charge is 0.234 e. The highest BCUT2D eigenvalue weighted by atomic mass is 35.5. The summed E-state index contributed by atoms with van der Waals surface area (Å²) in [7, 11) is 0. The largest absolute Gasteiger partial charge is 0.486 e. The van der Waals surface area contributed by atoms with Gasteiger partial charge in [-0.2, -0.15) is 0 Å². The van der Waals surface area contributed by atoms with Crippen LogP contribution in [0.1, 0.15) is 11.1 Å². The van der Waals surface area contributed by atoms with Crippen LogP contribution in [0.5, 0.6) is 11.5 Å². The van der Waals surface area contributed by atoms with E-state index in [1.807, 2.05) is 31.2 Å². The van der Waals surface area contributed by atoms with Crippen molar-refractivity contribution in [1.29, 1.82) is 0 Å². The van der Waals surface area contributed by atoms with Gasteiger partial charge in [-0.05, 0) is 42.3 Å². The highest BCUT2D eigenvalue weighted by molar-refractivity contribution is 7.99. The first-order valence-corrected chi connectivity index (χ1v) is 9.66. The summed E-state index contributed by atoms with van der Waals surface area (Å²) in [6.45, 7) is 2.97. The molecule has 2 aromatic rings. The zero-order chi connectivity index (χ0) is 17.8. The Morgan fingerprint density at radius 1 is 1.16 bits per heavy atom. The van der Waals surface area contributed by atoms with Crippen LogP contribution in [-0.2, 0) is 10.5 Å². The number of amides is 1. The van der Waals surface area contributed by atoms with Crippen LogP contribution in [-0.4, -0.2) is 24.9 Å². The number of nitrogens with one attached hydrogen (secondary N) is 1. The molecule has 0 fully saturated rings. The second kappa shape index (κ2) is 8.21. The minimum absolute atomic E-state index is 0.0978. The number of hydrogen-bond acceptors (Lipinski definition) is 4. The van der Waals surface area contributed by atoms with E-state index in [-0.39, 0.29) is 5.91 Å². The van der Waals surface area contributed by atoms with Crippen LogP contribution in [0.25, 0.3) is 0 Å². The maximum atomic E-state index is 12.1. The third kappa shape index (κ3) is 4.75. The number of ether oxygens (including phenoxy) is 2. The molecule has 1 N–H and O–H groups in total. The summed E-state index contributed by atoms with van der Waals surface area (Å²) in [5, 5.41) is 3.89. The molecule has 1 aliphatic rings. The molecule has 25 heavy (non-hydrogen) atoms. The molecule has 0 aromatic heterocycles. The zero-order valence-electron chi connectivity index (χ0n) is 13.6. The van der Waals surface area contributed by atoms with Gasteiger partial charge in [-0.15, -0.1) is 11.8 Å². The quantitative estimate of drug-likeness (QED) is 0.775. The molecule has 3 rings (SSSR count). The van der Waals surface area contributed by atoms with Crippen molar-refractivity contribution in [3.8, 4) is 11.5 Å².